The summed E-state index contributed by atoms with van der Waals surface area (Å²) in [5.41, 5.74) is 6.73. The first-order valence-corrected chi connectivity index (χ1v) is 5.81. The molecule has 0 aliphatic heterocycles. The van der Waals surface area contributed by atoms with Gasteiger partial charge in [0.1, 0.15) is 5.75 Å². The molecule has 5 heteroatoms. The Balaban J connectivity index is 2.27. The summed E-state index contributed by atoms with van der Waals surface area (Å²) < 4.78 is 10.7. The maximum atomic E-state index is 5.65. The molecule has 1 aromatic rings. The second-order valence-corrected chi connectivity index (χ2v) is 4.04. The van der Waals surface area contributed by atoms with Crippen LogP contribution in [0.1, 0.15) is 5.56 Å². The highest BCUT2D eigenvalue weighted by Crippen LogP contribution is 2.12. The van der Waals surface area contributed by atoms with Gasteiger partial charge >= 0.3 is 0 Å². The minimum Gasteiger partial charge on any atom is -0.497 e. The molecule has 2 N–H and O–H groups in total. The minimum atomic E-state index is 0.514. The monoisotopic (exact) mass is 251 g/mol. The molecule has 0 aromatic heterocycles. The number of guanidine groups is 1. The molecule has 1 aromatic carbocycles. The van der Waals surface area contributed by atoms with Gasteiger partial charge in [0, 0.05) is 14.1 Å². The molecule has 0 radical (unpaired) electrons. The van der Waals surface area contributed by atoms with Crippen molar-refractivity contribution in [3.63, 3.8) is 0 Å². The van der Waals surface area contributed by atoms with Crippen LogP contribution < -0.4 is 10.5 Å². The fourth-order valence-electron chi connectivity index (χ4n) is 1.32. The zero-order valence-electron chi connectivity index (χ0n) is 11.2. The van der Waals surface area contributed by atoms with Crippen LogP contribution in [0.4, 0.5) is 0 Å². The Morgan fingerprint density at radius 3 is 2.83 bits per heavy atom. The molecule has 0 aliphatic carbocycles. The van der Waals surface area contributed by atoms with Crippen LogP contribution in [0.15, 0.2) is 29.3 Å². The summed E-state index contributed by atoms with van der Waals surface area (Å²) in [6.07, 6.45) is 0. The molecular weight excluding hydrogens is 230 g/mol. The van der Waals surface area contributed by atoms with Crippen molar-refractivity contribution >= 4 is 5.96 Å². The Bertz CT molecular complexity index is 392. The standard InChI is InChI=1S/C13H21N3O2/c1-16(2)13(14)15-7-8-18-10-11-5-4-6-12(9-11)17-3/h4-6,9H,7-8,10H2,1-3H3,(H2,14,15). The van der Waals surface area contributed by atoms with E-state index in [4.69, 9.17) is 15.2 Å². The van der Waals surface area contributed by atoms with Crippen LogP contribution in [0.2, 0.25) is 0 Å². The number of hydrogen-bond acceptors (Lipinski definition) is 3. The topological polar surface area (TPSA) is 60.1 Å². The SMILES string of the molecule is COc1cccc(COCCN=C(N)N(C)C)c1. The van der Waals surface area contributed by atoms with Crippen LogP contribution in [0.3, 0.4) is 0 Å². The van der Waals surface area contributed by atoms with Crippen LogP contribution in [-0.4, -0.2) is 45.2 Å². The summed E-state index contributed by atoms with van der Waals surface area (Å²) in [7, 11) is 5.37. The first kappa shape index (κ1) is 14.3. The maximum Gasteiger partial charge on any atom is 0.190 e. The fraction of sp³-hybridized carbons (Fsp3) is 0.462. The van der Waals surface area contributed by atoms with Crippen molar-refractivity contribution in [3.8, 4) is 5.75 Å². The summed E-state index contributed by atoms with van der Waals surface area (Å²) >= 11 is 0. The Labute approximate surface area is 108 Å². The summed E-state index contributed by atoms with van der Waals surface area (Å²) in [6, 6.07) is 7.81. The van der Waals surface area contributed by atoms with Gasteiger partial charge in [-0.25, -0.2) is 0 Å². The summed E-state index contributed by atoms with van der Waals surface area (Å²) in [4.78, 5) is 5.93. The van der Waals surface area contributed by atoms with E-state index in [1.807, 2.05) is 38.4 Å². The maximum absolute atomic E-state index is 5.65. The van der Waals surface area contributed by atoms with E-state index >= 15 is 0 Å². The molecule has 0 unspecified atom stereocenters. The van der Waals surface area contributed by atoms with Crippen molar-refractivity contribution in [2.45, 2.75) is 6.61 Å². The van der Waals surface area contributed by atoms with Crippen molar-refractivity contribution in [2.75, 3.05) is 34.4 Å². The predicted octanol–water partition coefficient (Wildman–Crippen LogP) is 1.09. The van der Waals surface area contributed by atoms with E-state index in [0.717, 1.165) is 11.3 Å². The first-order valence-electron chi connectivity index (χ1n) is 5.81. The Kier molecular flexibility index (Phi) is 6.00. The zero-order chi connectivity index (χ0) is 13.4. The van der Waals surface area contributed by atoms with E-state index < -0.39 is 0 Å². The molecular formula is C13H21N3O2. The van der Waals surface area contributed by atoms with E-state index in [2.05, 4.69) is 4.99 Å². The number of methoxy groups -OCH3 is 1. The average molecular weight is 251 g/mol. The average Bonchev–Trinajstić information content (AvgIpc) is 2.38. The molecule has 0 amide bonds. The van der Waals surface area contributed by atoms with Crippen LogP contribution >= 0.6 is 0 Å². The lowest BCUT2D eigenvalue weighted by molar-refractivity contribution is 0.128. The molecule has 5 nitrogen and oxygen atoms in total. The summed E-state index contributed by atoms with van der Waals surface area (Å²) in [6.45, 7) is 1.66. The third kappa shape index (κ3) is 5.05. The molecule has 0 saturated carbocycles. The summed E-state index contributed by atoms with van der Waals surface area (Å²) in [5.74, 6) is 1.35. The molecule has 0 saturated heterocycles. The molecule has 18 heavy (non-hydrogen) atoms. The number of ether oxygens (including phenoxy) is 2. The van der Waals surface area contributed by atoms with Crippen molar-refractivity contribution in [1.29, 1.82) is 0 Å². The number of benzene rings is 1. The third-order valence-corrected chi connectivity index (χ3v) is 2.37. The van der Waals surface area contributed by atoms with E-state index in [0.29, 0.717) is 25.7 Å². The highest BCUT2D eigenvalue weighted by molar-refractivity contribution is 5.77. The quantitative estimate of drug-likeness (QED) is 0.467. The lowest BCUT2D eigenvalue weighted by atomic mass is 10.2. The van der Waals surface area contributed by atoms with Gasteiger partial charge in [0.25, 0.3) is 0 Å². The van der Waals surface area contributed by atoms with E-state index in [1.54, 1.807) is 12.0 Å². The number of rotatable bonds is 6. The predicted molar refractivity (Wildman–Crippen MR) is 72.8 cm³/mol. The molecule has 0 atom stereocenters. The second kappa shape index (κ2) is 7.55. The van der Waals surface area contributed by atoms with Crippen molar-refractivity contribution < 1.29 is 9.47 Å². The van der Waals surface area contributed by atoms with Crippen molar-refractivity contribution in [1.82, 2.24) is 4.90 Å². The smallest absolute Gasteiger partial charge is 0.190 e. The lowest BCUT2D eigenvalue weighted by Gasteiger charge is -2.10. The largest absolute Gasteiger partial charge is 0.497 e. The molecule has 0 aliphatic rings. The first-order chi connectivity index (χ1) is 8.63. The van der Waals surface area contributed by atoms with Gasteiger partial charge in [0.2, 0.25) is 0 Å². The summed E-state index contributed by atoms with van der Waals surface area (Å²) in [5, 5.41) is 0. The fourth-order valence-corrected chi connectivity index (χ4v) is 1.32. The van der Waals surface area contributed by atoms with Gasteiger partial charge in [-0.05, 0) is 17.7 Å². The van der Waals surface area contributed by atoms with Crippen molar-refractivity contribution in [2.24, 2.45) is 10.7 Å². The van der Waals surface area contributed by atoms with E-state index in [-0.39, 0.29) is 0 Å². The van der Waals surface area contributed by atoms with Gasteiger partial charge in [0.15, 0.2) is 5.96 Å². The molecule has 1 rings (SSSR count). The lowest BCUT2D eigenvalue weighted by Crippen LogP contribution is -2.30. The highest BCUT2D eigenvalue weighted by atomic mass is 16.5. The molecule has 0 fully saturated rings. The number of aliphatic imine (C=N–C) groups is 1. The number of nitrogens with two attached hydrogens (primary N) is 1. The molecule has 0 spiro atoms. The Morgan fingerprint density at radius 1 is 1.39 bits per heavy atom. The Morgan fingerprint density at radius 2 is 2.17 bits per heavy atom. The number of nitrogens with zero attached hydrogens (tertiary/aromatic N) is 2. The number of hydrogen-bond donors (Lipinski definition) is 1. The van der Waals surface area contributed by atoms with Crippen LogP contribution in [0.25, 0.3) is 0 Å². The van der Waals surface area contributed by atoms with Gasteiger partial charge in [-0.2, -0.15) is 0 Å². The van der Waals surface area contributed by atoms with Gasteiger partial charge in [0.05, 0.1) is 26.9 Å². The normalized spacial score (nSPS) is 11.4. The van der Waals surface area contributed by atoms with E-state index in [9.17, 15) is 0 Å². The zero-order valence-corrected chi connectivity index (χ0v) is 11.2. The van der Waals surface area contributed by atoms with Crippen molar-refractivity contribution in [3.05, 3.63) is 29.8 Å². The van der Waals surface area contributed by atoms with Gasteiger partial charge in [-0.3, -0.25) is 4.99 Å². The van der Waals surface area contributed by atoms with Crippen LogP contribution in [-0.2, 0) is 11.3 Å². The molecule has 0 bridgehead atoms. The minimum absolute atomic E-state index is 0.514. The molecule has 100 valence electrons. The van der Waals surface area contributed by atoms with Crippen LogP contribution in [0, 0.1) is 0 Å². The van der Waals surface area contributed by atoms with Gasteiger partial charge in [-0.15, -0.1) is 0 Å². The van der Waals surface area contributed by atoms with E-state index in [1.165, 1.54) is 0 Å². The van der Waals surface area contributed by atoms with Gasteiger partial charge < -0.3 is 20.1 Å². The highest BCUT2D eigenvalue weighted by Gasteiger charge is 1.97. The Hall–Kier alpha value is -1.75. The second-order valence-electron chi connectivity index (χ2n) is 4.04. The third-order valence-electron chi connectivity index (χ3n) is 2.37. The molecule has 0 heterocycles. The van der Waals surface area contributed by atoms with Gasteiger partial charge in [-0.1, -0.05) is 12.1 Å². The van der Waals surface area contributed by atoms with Crippen LogP contribution in [0.5, 0.6) is 5.75 Å².